The van der Waals surface area contributed by atoms with E-state index < -0.39 is 5.97 Å². The molecule has 94 valence electrons. The number of carbonyl (C=O) groups is 1. The average molecular weight is 253 g/mol. The summed E-state index contributed by atoms with van der Waals surface area (Å²) in [5.41, 5.74) is 1.59. The predicted molar refractivity (Wildman–Crippen MR) is 68.9 cm³/mol. The zero-order valence-electron chi connectivity index (χ0n) is 10.0. The lowest BCUT2D eigenvalue weighted by molar-refractivity contribution is 0.0696. The number of carboxylic acids is 1. The molecule has 19 heavy (non-hydrogen) atoms. The molecule has 0 aliphatic rings. The third kappa shape index (κ3) is 3.33. The highest BCUT2D eigenvalue weighted by Crippen LogP contribution is 2.14. The van der Waals surface area contributed by atoms with E-state index >= 15 is 0 Å². The van der Waals surface area contributed by atoms with Crippen molar-refractivity contribution in [2.45, 2.75) is 6.61 Å². The predicted octanol–water partition coefficient (Wildman–Crippen LogP) is 2.84. The Morgan fingerprint density at radius 1 is 1.21 bits per heavy atom. The first-order valence-electron chi connectivity index (χ1n) is 5.64. The highest BCUT2D eigenvalue weighted by Gasteiger charge is 2.03. The maximum Gasteiger partial charge on any atom is 0.335 e. The molecule has 0 spiro atoms. The maximum absolute atomic E-state index is 10.8. The molecule has 0 atom stereocenters. The molecule has 2 aromatic carbocycles. The zero-order chi connectivity index (χ0) is 13.7. The van der Waals surface area contributed by atoms with Gasteiger partial charge in [-0.2, -0.15) is 5.26 Å². The van der Waals surface area contributed by atoms with Crippen LogP contribution < -0.4 is 4.74 Å². The largest absolute Gasteiger partial charge is 0.489 e. The van der Waals surface area contributed by atoms with E-state index in [1.807, 2.05) is 6.07 Å². The first-order chi connectivity index (χ1) is 9.19. The number of benzene rings is 2. The van der Waals surface area contributed by atoms with Gasteiger partial charge < -0.3 is 9.84 Å². The molecular formula is C15H11NO3. The number of nitrogens with zero attached hydrogens (tertiary/aromatic N) is 1. The fourth-order valence-corrected chi connectivity index (χ4v) is 1.59. The molecule has 0 unspecified atom stereocenters. The van der Waals surface area contributed by atoms with E-state index in [-0.39, 0.29) is 12.2 Å². The summed E-state index contributed by atoms with van der Waals surface area (Å²) in [7, 11) is 0. The standard InChI is InChI=1S/C15H11NO3/c16-9-11-4-6-14(7-5-11)19-10-12-2-1-3-13(8-12)15(17)18/h1-8H,10H2,(H,17,18). The van der Waals surface area contributed by atoms with Gasteiger partial charge in [-0.05, 0) is 42.0 Å². The summed E-state index contributed by atoms with van der Waals surface area (Å²) in [4.78, 5) is 10.8. The van der Waals surface area contributed by atoms with E-state index in [4.69, 9.17) is 15.1 Å². The fraction of sp³-hybridized carbons (Fsp3) is 0.0667. The second-order valence-electron chi connectivity index (χ2n) is 3.93. The summed E-state index contributed by atoms with van der Waals surface area (Å²) >= 11 is 0. The van der Waals surface area contributed by atoms with E-state index in [0.717, 1.165) is 5.56 Å². The summed E-state index contributed by atoms with van der Waals surface area (Å²) in [6.07, 6.45) is 0. The van der Waals surface area contributed by atoms with Crippen molar-refractivity contribution < 1.29 is 14.6 Å². The van der Waals surface area contributed by atoms with Gasteiger partial charge in [-0.15, -0.1) is 0 Å². The van der Waals surface area contributed by atoms with Gasteiger partial charge in [0.1, 0.15) is 12.4 Å². The molecule has 0 aromatic heterocycles. The van der Waals surface area contributed by atoms with E-state index in [1.165, 1.54) is 6.07 Å². The third-order valence-corrected chi connectivity index (χ3v) is 2.56. The van der Waals surface area contributed by atoms with E-state index in [2.05, 4.69) is 0 Å². The van der Waals surface area contributed by atoms with E-state index in [1.54, 1.807) is 42.5 Å². The van der Waals surface area contributed by atoms with Crippen molar-refractivity contribution in [1.29, 1.82) is 5.26 Å². The van der Waals surface area contributed by atoms with Gasteiger partial charge in [-0.25, -0.2) is 4.79 Å². The maximum atomic E-state index is 10.8. The Hall–Kier alpha value is -2.80. The van der Waals surface area contributed by atoms with Gasteiger partial charge in [0.2, 0.25) is 0 Å². The van der Waals surface area contributed by atoms with Crippen LogP contribution in [0.4, 0.5) is 0 Å². The summed E-state index contributed by atoms with van der Waals surface area (Å²) in [6.45, 7) is 0.285. The van der Waals surface area contributed by atoms with Crippen molar-refractivity contribution in [2.75, 3.05) is 0 Å². The second-order valence-corrected chi connectivity index (χ2v) is 3.93. The van der Waals surface area contributed by atoms with Crippen LogP contribution in [-0.2, 0) is 6.61 Å². The van der Waals surface area contributed by atoms with Gasteiger partial charge in [0.05, 0.1) is 17.2 Å². The third-order valence-electron chi connectivity index (χ3n) is 2.56. The van der Waals surface area contributed by atoms with Crippen molar-refractivity contribution in [3.05, 3.63) is 65.2 Å². The van der Waals surface area contributed by atoms with E-state index in [9.17, 15) is 4.79 Å². The lowest BCUT2D eigenvalue weighted by atomic mass is 10.1. The second kappa shape index (κ2) is 5.69. The van der Waals surface area contributed by atoms with Crippen LogP contribution in [0.2, 0.25) is 0 Å². The van der Waals surface area contributed by atoms with Crippen LogP contribution in [0.5, 0.6) is 5.75 Å². The number of carboxylic acid groups (broad SMARTS) is 1. The van der Waals surface area contributed by atoms with Gasteiger partial charge in [0.25, 0.3) is 0 Å². The molecule has 1 N–H and O–H groups in total. The Morgan fingerprint density at radius 2 is 1.95 bits per heavy atom. The lowest BCUT2D eigenvalue weighted by Gasteiger charge is -2.06. The molecule has 0 bridgehead atoms. The molecule has 4 heteroatoms. The van der Waals surface area contributed by atoms with Crippen molar-refractivity contribution in [3.63, 3.8) is 0 Å². The molecule has 2 aromatic rings. The van der Waals surface area contributed by atoms with Crippen molar-refractivity contribution in [1.82, 2.24) is 0 Å². The number of ether oxygens (including phenoxy) is 1. The number of hydrogen-bond acceptors (Lipinski definition) is 3. The van der Waals surface area contributed by atoms with Crippen LogP contribution in [-0.4, -0.2) is 11.1 Å². The van der Waals surface area contributed by atoms with Crippen molar-refractivity contribution >= 4 is 5.97 Å². The fourth-order valence-electron chi connectivity index (χ4n) is 1.59. The summed E-state index contributed by atoms with van der Waals surface area (Å²) in [5, 5.41) is 17.6. The van der Waals surface area contributed by atoms with Crippen molar-refractivity contribution in [2.24, 2.45) is 0 Å². The first kappa shape index (κ1) is 12.7. The van der Waals surface area contributed by atoms with Crippen LogP contribution in [0.3, 0.4) is 0 Å². The minimum atomic E-state index is -0.958. The van der Waals surface area contributed by atoms with E-state index in [0.29, 0.717) is 11.3 Å². The zero-order valence-corrected chi connectivity index (χ0v) is 10.0. The number of aromatic carboxylic acids is 1. The Balaban J connectivity index is 2.03. The Bertz CT molecular complexity index is 627. The van der Waals surface area contributed by atoms with Crippen LogP contribution in [0, 0.1) is 11.3 Å². The number of rotatable bonds is 4. The Kier molecular flexibility index (Phi) is 3.79. The Labute approximate surface area is 110 Å². The molecule has 0 amide bonds. The number of hydrogen-bond donors (Lipinski definition) is 1. The monoisotopic (exact) mass is 253 g/mol. The van der Waals surface area contributed by atoms with Gasteiger partial charge in [0, 0.05) is 0 Å². The van der Waals surface area contributed by atoms with Crippen LogP contribution >= 0.6 is 0 Å². The summed E-state index contributed by atoms with van der Waals surface area (Å²) in [5.74, 6) is -0.319. The Morgan fingerprint density at radius 3 is 2.58 bits per heavy atom. The topological polar surface area (TPSA) is 70.3 Å². The first-order valence-corrected chi connectivity index (χ1v) is 5.64. The quantitative estimate of drug-likeness (QED) is 0.909. The lowest BCUT2D eigenvalue weighted by Crippen LogP contribution is -2.00. The highest BCUT2D eigenvalue weighted by molar-refractivity contribution is 5.87. The SMILES string of the molecule is N#Cc1ccc(OCc2cccc(C(=O)O)c2)cc1. The minimum absolute atomic E-state index is 0.237. The van der Waals surface area contributed by atoms with Gasteiger partial charge in [0.15, 0.2) is 0 Å². The minimum Gasteiger partial charge on any atom is -0.489 e. The molecule has 2 rings (SSSR count). The highest BCUT2D eigenvalue weighted by atomic mass is 16.5. The smallest absolute Gasteiger partial charge is 0.335 e. The van der Waals surface area contributed by atoms with Gasteiger partial charge in [-0.1, -0.05) is 12.1 Å². The van der Waals surface area contributed by atoms with Crippen LogP contribution in [0.25, 0.3) is 0 Å². The average Bonchev–Trinajstić information content (AvgIpc) is 2.46. The van der Waals surface area contributed by atoms with Crippen LogP contribution in [0.15, 0.2) is 48.5 Å². The molecule has 0 aliphatic carbocycles. The molecule has 0 heterocycles. The summed E-state index contributed by atoms with van der Waals surface area (Å²) in [6, 6.07) is 15.4. The normalized spacial score (nSPS) is 9.63. The molecule has 0 radical (unpaired) electrons. The van der Waals surface area contributed by atoms with Crippen molar-refractivity contribution in [3.8, 4) is 11.8 Å². The molecular weight excluding hydrogens is 242 g/mol. The summed E-state index contributed by atoms with van der Waals surface area (Å²) < 4.78 is 5.52. The van der Waals surface area contributed by atoms with Crippen LogP contribution in [0.1, 0.15) is 21.5 Å². The molecule has 0 saturated carbocycles. The van der Waals surface area contributed by atoms with Gasteiger partial charge in [-0.3, -0.25) is 0 Å². The molecule has 4 nitrogen and oxygen atoms in total. The number of nitriles is 1. The van der Waals surface area contributed by atoms with Gasteiger partial charge >= 0.3 is 5.97 Å². The molecule has 0 aliphatic heterocycles. The molecule has 0 saturated heterocycles. The molecule has 0 fully saturated rings.